The Morgan fingerprint density at radius 1 is 1.14 bits per heavy atom. The van der Waals surface area contributed by atoms with Crippen LogP contribution < -0.4 is 15.5 Å². The van der Waals surface area contributed by atoms with E-state index in [4.69, 9.17) is 4.74 Å². The molecule has 1 aromatic carbocycles. The Bertz CT molecular complexity index is 686. The predicted molar refractivity (Wildman–Crippen MR) is 81.6 cm³/mol. The summed E-state index contributed by atoms with van der Waals surface area (Å²) in [6.45, 7) is 0. The van der Waals surface area contributed by atoms with Gasteiger partial charge in [-0.05, 0) is 24.3 Å². The van der Waals surface area contributed by atoms with Gasteiger partial charge in [0.2, 0.25) is 0 Å². The van der Waals surface area contributed by atoms with Crippen LogP contribution in [0.25, 0.3) is 0 Å². The highest BCUT2D eigenvalue weighted by atomic mass is 16.5. The molecule has 0 aliphatic carbocycles. The number of carbonyl (C=O) groups excluding carboxylic acids is 2. The van der Waals surface area contributed by atoms with Gasteiger partial charge in [-0.25, -0.2) is 10.4 Å². The highest BCUT2D eigenvalue weighted by Gasteiger charge is 2.13. The zero-order chi connectivity index (χ0) is 15.8. The lowest BCUT2D eigenvalue weighted by molar-refractivity contribution is -0.136. The van der Waals surface area contributed by atoms with E-state index in [1.807, 2.05) is 6.07 Å². The van der Waals surface area contributed by atoms with Crippen LogP contribution in [0.15, 0.2) is 53.8 Å². The largest absolute Gasteiger partial charge is 0.496 e. The number of amides is 2. The van der Waals surface area contributed by atoms with Crippen molar-refractivity contribution in [2.75, 3.05) is 12.4 Å². The van der Waals surface area contributed by atoms with E-state index in [1.54, 1.807) is 36.4 Å². The standard InChI is InChI=1S/C15H14N4O3/c1-22-12-7-3-2-6-11(12)10-17-19-15(21)14(20)18-13-8-4-5-9-16-13/h2-10H,1H3,(H,19,21)(H,16,18,20). The molecule has 0 saturated heterocycles. The van der Waals surface area contributed by atoms with Crippen molar-refractivity contribution >= 4 is 23.8 Å². The summed E-state index contributed by atoms with van der Waals surface area (Å²) in [5, 5.41) is 6.08. The van der Waals surface area contributed by atoms with Crippen LogP contribution in [0.1, 0.15) is 5.56 Å². The van der Waals surface area contributed by atoms with Crippen molar-refractivity contribution in [1.29, 1.82) is 0 Å². The number of ether oxygens (including phenoxy) is 1. The molecule has 1 heterocycles. The normalized spacial score (nSPS) is 10.2. The van der Waals surface area contributed by atoms with E-state index in [0.717, 1.165) is 0 Å². The second-order valence-electron chi connectivity index (χ2n) is 4.11. The van der Waals surface area contributed by atoms with Gasteiger partial charge >= 0.3 is 11.8 Å². The Labute approximate surface area is 127 Å². The molecule has 0 aliphatic heterocycles. The average Bonchev–Trinajstić information content (AvgIpc) is 2.56. The van der Waals surface area contributed by atoms with Crippen LogP contribution in [0, 0.1) is 0 Å². The molecular formula is C15H14N4O3. The molecule has 7 nitrogen and oxygen atoms in total. The number of benzene rings is 1. The molecule has 2 amide bonds. The highest BCUT2D eigenvalue weighted by Crippen LogP contribution is 2.14. The third-order valence-corrected chi connectivity index (χ3v) is 2.62. The molecule has 112 valence electrons. The maximum atomic E-state index is 11.6. The number of anilines is 1. The second-order valence-corrected chi connectivity index (χ2v) is 4.11. The lowest BCUT2D eigenvalue weighted by Gasteiger charge is -2.04. The van der Waals surface area contributed by atoms with E-state index in [2.05, 4.69) is 20.8 Å². The topological polar surface area (TPSA) is 92.7 Å². The molecule has 1 aromatic heterocycles. The van der Waals surface area contributed by atoms with Crippen molar-refractivity contribution in [2.45, 2.75) is 0 Å². The number of rotatable bonds is 4. The van der Waals surface area contributed by atoms with Crippen LogP contribution in [0.3, 0.4) is 0 Å². The Morgan fingerprint density at radius 3 is 2.64 bits per heavy atom. The third-order valence-electron chi connectivity index (χ3n) is 2.62. The molecule has 0 fully saturated rings. The van der Waals surface area contributed by atoms with Crippen LogP contribution in [0.2, 0.25) is 0 Å². The lowest BCUT2D eigenvalue weighted by Crippen LogP contribution is -2.32. The van der Waals surface area contributed by atoms with E-state index in [-0.39, 0.29) is 5.82 Å². The number of hydrogen-bond acceptors (Lipinski definition) is 5. The monoisotopic (exact) mass is 298 g/mol. The quantitative estimate of drug-likeness (QED) is 0.503. The SMILES string of the molecule is COc1ccccc1C=NNC(=O)C(=O)Nc1ccccn1. The zero-order valence-electron chi connectivity index (χ0n) is 11.8. The summed E-state index contributed by atoms with van der Waals surface area (Å²) in [7, 11) is 1.53. The number of methoxy groups -OCH3 is 1. The number of pyridine rings is 1. The average molecular weight is 298 g/mol. The van der Waals surface area contributed by atoms with E-state index >= 15 is 0 Å². The number of aromatic nitrogens is 1. The van der Waals surface area contributed by atoms with Gasteiger partial charge in [-0.15, -0.1) is 0 Å². The summed E-state index contributed by atoms with van der Waals surface area (Å²) < 4.78 is 5.14. The minimum atomic E-state index is -0.892. The fourth-order valence-corrected chi connectivity index (χ4v) is 1.59. The van der Waals surface area contributed by atoms with Crippen molar-refractivity contribution in [1.82, 2.24) is 10.4 Å². The molecule has 0 bridgehead atoms. The van der Waals surface area contributed by atoms with Gasteiger partial charge < -0.3 is 10.1 Å². The molecule has 7 heteroatoms. The molecule has 0 spiro atoms. The van der Waals surface area contributed by atoms with E-state index in [1.165, 1.54) is 19.5 Å². The van der Waals surface area contributed by atoms with Gasteiger partial charge in [0.05, 0.1) is 13.3 Å². The molecule has 0 radical (unpaired) electrons. The molecule has 0 saturated carbocycles. The van der Waals surface area contributed by atoms with Crippen molar-refractivity contribution in [3.63, 3.8) is 0 Å². The van der Waals surface area contributed by atoms with Gasteiger partial charge in [0.15, 0.2) is 0 Å². The zero-order valence-corrected chi connectivity index (χ0v) is 11.8. The number of nitrogens with zero attached hydrogens (tertiary/aromatic N) is 2. The molecule has 2 N–H and O–H groups in total. The first-order chi connectivity index (χ1) is 10.7. The molecular weight excluding hydrogens is 284 g/mol. The third kappa shape index (κ3) is 4.14. The van der Waals surface area contributed by atoms with Crippen molar-refractivity contribution in [2.24, 2.45) is 5.10 Å². The minimum Gasteiger partial charge on any atom is -0.496 e. The van der Waals surface area contributed by atoms with E-state index < -0.39 is 11.8 Å². The van der Waals surface area contributed by atoms with Crippen LogP contribution in [0.4, 0.5) is 5.82 Å². The minimum absolute atomic E-state index is 0.288. The lowest BCUT2D eigenvalue weighted by atomic mass is 10.2. The van der Waals surface area contributed by atoms with Gasteiger partial charge in [-0.1, -0.05) is 18.2 Å². The predicted octanol–water partition coefficient (Wildman–Crippen LogP) is 1.18. The molecule has 0 aliphatic rings. The number of hydrogen-bond donors (Lipinski definition) is 2. The highest BCUT2D eigenvalue weighted by molar-refractivity contribution is 6.39. The number of nitrogens with one attached hydrogen (secondary N) is 2. The van der Waals surface area contributed by atoms with Crippen molar-refractivity contribution in [3.8, 4) is 5.75 Å². The summed E-state index contributed by atoms with van der Waals surface area (Å²) in [5.74, 6) is -0.845. The Hall–Kier alpha value is -3.22. The fourth-order valence-electron chi connectivity index (χ4n) is 1.59. The molecule has 0 unspecified atom stereocenters. The summed E-state index contributed by atoms with van der Waals surface area (Å²) >= 11 is 0. The van der Waals surface area contributed by atoms with Gasteiger partial charge in [0.25, 0.3) is 0 Å². The van der Waals surface area contributed by atoms with Crippen LogP contribution in [-0.4, -0.2) is 30.1 Å². The number of para-hydroxylation sites is 1. The molecule has 2 aromatic rings. The maximum absolute atomic E-state index is 11.6. The van der Waals surface area contributed by atoms with E-state index in [0.29, 0.717) is 11.3 Å². The van der Waals surface area contributed by atoms with Crippen molar-refractivity contribution in [3.05, 3.63) is 54.2 Å². The Morgan fingerprint density at radius 2 is 1.91 bits per heavy atom. The smallest absolute Gasteiger partial charge is 0.329 e. The number of carbonyl (C=O) groups is 2. The molecule has 22 heavy (non-hydrogen) atoms. The van der Waals surface area contributed by atoms with Gasteiger partial charge in [-0.2, -0.15) is 5.10 Å². The fraction of sp³-hybridized carbons (Fsp3) is 0.0667. The first-order valence-electron chi connectivity index (χ1n) is 6.39. The maximum Gasteiger partial charge on any atom is 0.329 e. The summed E-state index contributed by atoms with van der Waals surface area (Å²) in [5.41, 5.74) is 2.81. The summed E-state index contributed by atoms with van der Waals surface area (Å²) in [6, 6.07) is 12.1. The van der Waals surface area contributed by atoms with Gasteiger partial charge in [0, 0.05) is 11.8 Å². The van der Waals surface area contributed by atoms with E-state index in [9.17, 15) is 9.59 Å². The Kier molecular flexibility index (Phi) is 5.20. The van der Waals surface area contributed by atoms with Gasteiger partial charge in [-0.3, -0.25) is 9.59 Å². The van der Waals surface area contributed by atoms with Crippen LogP contribution in [0.5, 0.6) is 5.75 Å². The first-order valence-corrected chi connectivity index (χ1v) is 6.39. The van der Waals surface area contributed by atoms with Crippen LogP contribution in [-0.2, 0) is 9.59 Å². The summed E-state index contributed by atoms with van der Waals surface area (Å²) in [4.78, 5) is 27.1. The second kappa shape index (κ2) is 7.53. The first kappa shape index (κ1) is 15.2. The number of hydrazone groups is 1. The van der Waals surface area contributed by atoms with Gasteiger partial charge in [0.1, 0.15) is 11.6 Å². The molecule has 2 rings (SSSR count). The van der Waals surface area contributed by atoms with Crippen molar-refractivity contribution < 1.29 is 14.3 Å². The summed E-state index contributed by atoms with van der Waals surface area (Å²) in [6.07, 6.45) is 2.90. The molecule has 0 atom stereocenters. The van der Waals surface area contributed by atoms with Crippen LogP contribution >= 0.6 is 0 Å². The Balaban J connectivity index is 1.92.